The summed E-state index contributed by atoms with van der Waals surface area (Å²) in [4.78, 5) is 3.64. The number of benzene rings is 1. The molecule has 0 fully saturated rings. The quantitative estimate of drug-likeness (QED) is 0.650. The standard InChI is InChI=1S/C16H14ClF3N4O2S/c17-12-6-14(10-21-9-12)27(25,26)23-13-3-2-11-8-22-24(15(11)7-13)5-1-4-16(18,19)20/h2-3,6-10,23H,1,4-5H2. The van der Waals surface area contributed by atoms with Gasteiger partial charge in [0.05, 0.1) is 22.4 Å². The molecule has 0 radical (unpaired) electrons. The lowest BCUT2D eigenvalue weighted by molar-refractivity contribution is -0.135. The van der Waals surface area contributed by atoms with Gasteiger partial charge in [-0.15, -0.1) is 0 Å². The molecule has 0 spiro atoms. The van der Waals surface area contributed by atoms with Crippen molar-refractivity contribution in [1.29, 1.82) is 0 Å². The van der Waals surface area contributed by atoms with Crippen molar-refractivity contribution in [2.45, 2.75) is 30.5 Å². The summed E-state index contributed by atoms with van der Waals surface area (Å²) in [7, 11) is -3.91. The molecule has 0 aliphatic carbocycles. The molecule has 27 heavy (non-hydrogen) atoms. The van der Waals surface area contributed by atoms with Crippen molar-refractivity contribution >= 4 is 38.2 Å². The minimum absolute atomic E-state index is 0.0669. The Morgan fingerprint density at radius 1 is 1.15 bits per heavy atom. The number of nitrogens with zero attached hydrogens (tertiary/aromatic N) is 3. The smallest absolute Gasteiger partial charge is 0.280 e. The highest BCUT2D eigenvalue weighted by atomic mass is 35.5. The van der Waals surface area contributed by atoms with E-state index in [-0.39, 0.29) is 28.6 Å². The Morgan fingerprint density at radius 3 is 2.63 bits per heavy atom. The number of halogens is 4. The number of hydrogen-bond donors (Lipinski definition) is 1. The van der Waals surface area contributed by atoms with Crippen LogP contribution in [0.3, 0.4) is 0 Å². The molecule has 3 rings (SSSR count). The molecule has 0 unspecified atom stereocenters. The number of anilines is 1. The molecule has 0 saturated carbocycles. The SMILES string of the molecule is O=S(=O)(Nc1ccc2cnn(CCCC(F)(F)F)c2c1)c1cncc(Cl)c1. The average molecular weight is 419 g/mol. The zero-order chi connectivity index (χ0) is 19.7. The fourth-order valence-electron chi connectivity index (χ4n) is 2.49. The number of fused-ring (bicyclic) bond motifs is 1. The summed E-state index contributed by atoms with van der Waals surface area (Å²) in [5.74, 6) is 0. The summed E-state index contributed by atoms with van der Waals surface area (Å²) >= 11 is 5.77. The van der Waals surface area contributed by atoms with Gasteiger partial charge in [-0.2, -0.15) is 18.3 Å². The molecule has 0 aliphatic heterocycles. The van der Waals surface area contributed by atoms with Gasteiger partial charge in [0.2, 0.25) is 0 Å². The molecule has 11 heteroatoms. The number of aromatic nitrogens is 3. The summed E-state index contributed by atoms with van der Waals surface area (Å²) in [6.45, 7) is 0.0669. The molecule has 2 aromatic heterocycles. The predicted octanol–water partition coefficient (Wildman–Crippen LogP) is 4.23. The molecule has 0 amide bonds. The van der Waals surface area contributed by atoms with E-state index in [4.69, 9.17) is 11.6 Å². The van der Waals surface area contributed by atoms with Crippen LogP contribution in [0.1, 0.15) is 12.8 Å². The summed E-state index contributed by atoms with van der Waals surface area (Å²) in [6, 6.07) is 5.96. The Bertz CT molecular complexity index is 1070. The van der Waals surface area contributed by atoms with Crippen molar-refractivity contribution in [2.75, 3.05) is 4.72 Å². The molecule has 0 bridgehead atoms. The van der Waals surface area contributed by atoms with Gasteiger partial charge in [0.15, 0.2) is 0 Å². The highest BCUT2D eigenvalue weighted by Gasteiger charge is 2.26. The number of alkyl halides is 3. The van der Waals surface area contributed by atoms with Crippen LogP contribution in [0, 0.1) is 0 Å². The third-order valence-electron chi connectivity index (χ3n) is 3.72. The maximum absolute atomic E-state index is 12.4. The zero-order valence-electron chi connectivity index (χ0n) is 13.7. The second kappa shape index (κ2) is 7.35. The maximum atomic E-state index is 12.4. The molecule has 1 aromatic carbocycles. The van der Waals surface area contributed by atoms with Gasteiger partial charge >= 0.3 is 6.18 Å². The number of sulfonamides is 1. The summed E-state index contributed by atoms with van der Waals surface area (Å²) in [5, 5.41) is 4.93. The molecule has 3 aromatic rings. The Labute approximate surface area is 158 Å². The maximum Gasteiger partial charge on any atom is 0.389 e. The van der Waals surface area contributed by atoms with Crippen molar-refractivity contribution in [3.05, 3.63) is 47.9 Å². The number of hydrogen-bond acceptors (Lipinski definition) is 4. The highest BCUT2D eigenvalue weighted by molar-refractivity contribution is 7.92. The van der Waals surface area contributed by atoms with Crippen LogP contribution in [0.2, 0.25) is 5.02 Å². The number of aryl methyl sites for hydroxylation is 1. The molecule has 0 saturated heterocycles. The summed E-state index contributed by atoms with van der Waals surface area (Å²) in [5.41, 5.74) is 0.779. The van der Waals surface area contributed by atoms with Crippen molar-refractivity contribution in [1.82, 2.24) is 14.8 Å². The van der Waals surface area contributed by atoms with Crippen molar-refractivity contribution in [3.8, 4) is 0 Å². The van der Waals surface area contributed by atoms with Gasteiger partial charge in [-0.3, -0.25) is 14.4 Å². The molecule has 6 nitrogen and oxygen atoms in total. The van der Waals surface area contributed by atoms with E-state index in [1.54, 1.807) is 12.1 Å². The third kappa shape index (κ3) is 4.89. The first-order valence-corrected chi connectivity index (χ1v) is 9.66. The Hall–Kier alpha value is -2.33. The summed E-state index contributed by atoms with van der Waals surface area (Å²) in [6.07, 6.45) is -1.27. The van der Waals surface area contributed by atoms with Gasteiger partial charge in [-0.05, 0) is 30.7 Å². The normalized spacial score (nSPS) is 12.4. The van der Waals surface area contributed by atoms with E-state index < -0.39 is 22.6 Å². The van der Waals surface area contributed by atoms with Crippen LogP contribution in [-0.2, 0) is 16.6 Å². The molecule has 0 atom stereocenters. The van der Waals surface area contributed by atoms with E-state index >= 15 is 0 Å². The number of nitrogens with one attached hydrogen (secondary N) is 1. The molecule has 1 N–H and O–H groups in total. The number of pyridine rings is 1. The van der Waals surface area contributed by atoms with Gasteiger partial charge in [0.25, 0.3) is 10.0 Å². The van der Waals surface area contributed by atoms with Crippen LogP contribution >= 0.6 is 11.6 Å². The van der Waals surface area contributed by atoms with Gasteiger partial charge in [-0.1, -0.05) is 11.6 Å². The van der Waals surface area contributed by atoms with Crippen LogP contribution in [0.5, 0.6) is 0 Å². The van der Waals surface area contributed by atoms with E-state index in [1.807, 2.05) is 0 Å². The van der Waals surface area contributed by atoms with Crippen LogP contribution in [0.4, 0.5) is 18.9 Å². The highest BCUT2D eigenvalue weighted by Crippen LogP contribution is 2.25. The topological polar surface area (TPSA) is 76.9 Å². The first-order valence-electron chi connectivity index (χ1n) is 7.80. The minimum Gasteiger partial charge on any atom is -0.280 e. The molecule has 0 aliphatic rings. The van der Waals surface area contributed by atoms with Crippen LogP contribution in [0.15, 0.2) is 47.8 Å². The van der Waals surface area contributed by atoms with E-state index in [2.05, 4.69) is 14.8 Å². The van der Waals surface area contributed by atoms with Crippen molar-refractivity contribution in [3.63, 3.8) is 0 Å². The van der Waals surface area contributed by atoms with Gasteiger partial charge in [-0.25, -0.2) is 8.42 Å². The molecular formula is C16H14ClF3N4O2S. The Morgan fingerprint density at radius 2 is 1.93 bits per heavy atom. The zero-order valence-corrected chi connectivity index (χ0v) is 15.3. The molecular weight excluding hydrogens is 405 g/mol. The second-order valence-corrected chi connectivity index (χ2v) is 7.92. The van der Waals surface area contributed by atoms with Crippen LogP contribution < -0.4 is 4.72 Å². The first-order chi connectivity index (χ1) is 12.6. The van der Waals surface area contributed by atoms with Crippen molar-refractivity contribution in [2.24, 2.45) is 0 Å². The Balaban J connectivity index is 1.82. The third-order valence-corrected chi connectivity index (χ3v) is 5.27. The first kappa shape index (κ1) is 19.4. The van der Waals surface area contributed by atoms with E-state index in [0.29, 0.717) is 10.9 Å². The van der Waals surface area contributed by atoms with Gasteiger partial charge in [0.1, 0.15) is 4.90 Å². The van der Waals surface area contributed by atoms with Gasteiger partial charge in [0, 0.05) is 30.7 Å². The summed E-state index contributed by atoms with van der Waals surface area (Å²) < 4.78 is 65.6. The molecule has 2 heterocycles. The van der Waals surface area contributed by atoms with E-state index in [1.165, 1.54) is 29.2 Å². The number of rotatable bonds is 6. The fourth-order valence-corrected chi connectivity index (χ4v) is 3.77. The Kier molecular flexibility index (Phi) is 5.29. The van der Waals surface area contributed by atoms with Crippen molar-refractivity contribution < 1.29 is 21.6 Å². The van der Waals surface area contributed by atoms with Crippen LogP contribution in [0.25, 0.3) is 10.9 Å². The monoisotopic (exact) mass is 418 g/mol. The van der Waals surface area contributed by atoms with Crippen LogP contribution in [-0.4, -0.2) is 29.4 Å². The minimum atomic E-state index is -4.23. The average Bonchev–Trinajstić information content (AvgIpc) is 2.96. The lowest BCUT2D eigenvalue weighted by Gasteiger charge is -2.10. The van der Waals surface area contributed by atoms with E-state index in [9.17, 15) is 21.6 Å². The lowest BCUT2D eigenvalue weighted by atomic mass is 10.2. The molecule has 144 valence electrons. The van der Waals surface area contributed by atoms with E-state index in [0.717, 1.165) is 6.20 Å². The fraction of sp³-hybridized carbons (Fsp3) is 0.250. The lowest BCUT2D eigenvalue weighted by Crippen LogP contribution is -2.13. The predicted molar refractivity (Wildman–Crippen MR) is 95.1 cm³/mol. The largest absolute Gasteiger partial charge is 0.389 e. The second-order valence-electron chi connectivity index (χ2n) is 5.80. The van der Waals surface area contributed by atoms with Gasteiger partial charge < -0.3 is 0 Å².